The fraction of sp³-hybridized carbons (Fsp3) is 0.478. The lowest BCUT2D eigenvalue weighted by Crippen LogP contribution is -2.30. The Morgan fingerprint density at radius 2 is 2.00 bits per heavy atom. The normalized spacial score (nSPS) is 20.7. The third-order valence-corrected chi connectivity index (χ3v) is 5.92. The van der Waals surface area contributed by atoms with Crippen LogP contribution in [0.15, 0.2) is 29.2 Å². The Morgan fingerprint density at radius 1 is 1.29 bits per heavy atom. The number of benzene rings is 1. The number of nitrogens with one attached hydrogen (secondary N) is 1. The summed E-state index contributed by atoms with van der Waals surface area (Å²) >= 11 is 0. The number of carbonyl (C=O) groups is 2. The molecule has 38 heavy (non-hydrogen) atoms. The highest BCUT2D eigenvalue weighted by Gasteiger charge is 2.37. The molecule has 1 amide bonds. The Balaban J connectivity index is 1.34. The first-order valence-electron chi connectivity index (χ1n) is 11.7. The van der Waals surface area contributed by atoms with E-state index in [0.717, 1.165) is 4.57 Å². The number of nitrogens with zero attached hydrogens (tertiary/aromatic N) is 3. The molecule has 0 saturated carbocycles. The van der Waals surface area contributed by atoms with E-state index in [9.17, 15) is 29.6 Å². The van der Waals surface area contributed by atoms with Gasteiger partial charge in [-0.25, -0.2) is 9.59 Å². The van der Waals surface area contributed by atoms with Crippen molar-refractivity contribution in [2.24, 2.45) is 5.92 Å². The van der Waals surface area contributed by atoms with Crippen LogP contribution in [0.2, 0.25) is 0 Å². The molecule has 1 aromatic carbocycles. The number of hydrogen-bond donors (Lipinski definition) is 2. The molecule has 1 fully saturated rings. The number of carbonyl (C=O) groups excluding carboxylic acids is 2. The standard InChI is InChI=1S/C23H26N4O11/c1-11(2)21(29)24-19-4-5-26(22(30)25-19)20-8-15(28)18(38-20)9-34-23(31)37-12(3)13-6-16-17(36-10-35-16)7-14(13)27(32)33/h4-7,11-12,15,18,20,28H,8-10H2,1-3H3,(H,24,25,29,30). The topological polar surface area (TPSA) is 191 Å². The van der Waals surface area contributed by atoms with Gasteiger partial charge in [-0.1, -0.05) is 13.8 Å². The monoisotopic (exact) mass is 534 g/mol. The van der Waals surface area contributed by atoms with Crippen molar-refractivity contribution < 1.29 is 43.3 Å². The van der Waals surface area contributed by atoms with Gasteiger partial charge in [0.25, 0.3) is 5.69 Å². The van der Waals surface area contributed by atoms with Crippen molar-refractivity contribution in [3.8, 4) is 11.5 Å². The van der Waals surface area contributed by atoms with Crippen molar-refractivity contribution >= 4 is 23.6 Å². The largest absolute Gasteiger partial charge is 0.508 e. The van der Waals surface area contributed by atoms with Gasteiger partial charge in [0.2, 0.25) is 12.7 Å². The quantitative estimate of drug-likeness (QED) is 0.285. The number of aromatic nitrogens is 2. The van der Waals surface area contributed by atoms with Gasteiger partial charge >= 0.3 is 11.8 Å². The van der Waals surface area contributed by atoms with Crippen LogP contribution < -0.4 is 20.5 Å². The third kappa shape index (κ3) is 5.84. The first-order valence-corrected chi connectivity index (χ1v) is 11.7. The van der Waals surface area contributed by atoms with E-state index in [1.165, 1.54) is 31.3 Å². The summed E-state index contributed by atoms with van der Waals surface area (Å²) in [5.74, 6) is -0.0174. The van der Waals surface area contributed by atoms with Gasteiger partial charge in [-0.3, -0.25) is 19.5 Å². The second-order valence-electron chi connectivity index (χ2n) is 8.92. The molecule has 2 aliphatic heterocycles. The Hall–Kier alpha value is -4.24. The number of fused-ring (bicyclic) bond motifs is 1. The number of nitro benzene ring substituents is 1. The zero-order valence-corrected chi connectivity index (χ0v) is 20.7. The summed E-state index contributed by atoms with van der Waals surface area (Å²) in [6.07, 6.45) is -3.77. The van der Waals surface area contributed by atoms with E-state index < -0.39 is 47.9 Å². The molecule has 3 heterocycles. The summed E-state index contributed by atoms with van der Waals surface area (Å²) in [6, 6.07) is 3.97. The Morgan fingerprint density at radius 3 is 2.66 bits per heavy atom. The number of hydrogen-bond acceptors (Lipinski definition) is 12. The minimum absolute atomic E-state index is 0.0160. The maximum atomic E-state index is 12.4. The van der Waals surface area contributed by atoms with Gasteiger partial charge in [-0.15, -0.1) is 0 Å². The van der Waals surface area contributed by atoms with E-state index in [0.29, 0.717) is 0 Å². The Bertz CT molecular complexity index is 1290. The summed E-state index contributed by atoms with van der Waals surface area (Å²) in [5.41, 5.74) is -0.946. The summed E-state index contributed by atoms with van der Waals surface area (Å²) < 4.78 is 27.4. The van der Waals surface area contributed by atoms with E-state index in [1.54, 1.807) is 13.8 Å². The van der Waals surface area contributed by atoms with Crippen molar-refractivity contribution in [3.63, 3.8) is 0 Å². The van der Waals surface area contributed by atoms with Gasteiger partial charge in [0.05, 0.1) is 22.7 Å². The van der Waals surface area contributed by atoms with Crippen LogP contribution in [0.25, 0.3) is 0 Å². The summed E-state index contributed by atoms with van der Waals surface area (Å²) in [4.78, 5) is 51.1. The molecule has 204 valence electrons. The number of aliphatic hydroxyl groups excluding tert-OH is 1. The van der Waals surface area contributed by atoms with Crippen LogP contribution in [0.5, 0.6) is 11.5 Å². The fourth-order valence-corrected chi connectivity index (χ4v) is 3.83. The molecule has 0 aliphatic carbocycles. The molecule has 2 aromatic rings. The molecule has 15 heteroatoms. The number of amides is 1. The maximum Gasteiger partial charge on any atom is 0.508 e. The van der Waals surface area contributed by atoms with Crippen molar-refractivity contribution in [3.05, 3.63) is 50.6 Å². The predicted molar refractivity (Wildman–Crippen MR) is 127 cm³/mol. The first-order chi connectivity index (χ1) is 18.0. The van der Waals surface area contributed by atoms with E-state index in [2.05, 4.69) is 10.3 Å². The number of anilines is 1. The first kappa shape index (κ1) is 26.8. The number of aliphatic hydroxyl groups is 1. The van der Waals surface area contributed by atoms with Crippen molar-refractivity contribution in [1.29, 1.82) is 0 Å². The molecule has 4 rings (SSSR count). The smallest absolute Gasteiger partial charge is 0.454 e. The number of ether oxygens (including phenoxy) is 5. The van der Waals surface area contributed by atoms with E-state index in [-0.39, 0.29) is 53.6 Å². The lowest BCUT2D eigenvalue weighted by Gasteiger charge is -2.18. The third-order valence-electron chi connectivity index (χ3n) is 5.92. The SMILES string of the molecule is CC(C)C(=O)Nc1ccn(C2CC(O)C(COC(=O)OC(C)c3cc4c(cc3[N+](=O)[O-])OCO4)O2)c(=O)n1. The molecule has 1 aromatic heterocycles. The molecule has 4 unspecified atom stereocenters. The van der Waals surface area contributed by atoms with Crippen molar-refractivity contribution in [1.82, 2.24) is 9.55 Å². The number of nitro groups is 1. The van der Waals surface area contributed by atoms with Crippen LogP contribution in [0.1, 0.15) is 45.1 Å². The summed E-state index contributed by atoms with van der Waals surface area (Å²) in [6.45, 7) is 4.33. The van der Waals surface area contributed by atoms with Crippen LogP contribution in [-0.4, -0.2) is 57.3 Å². The van der Waals surface area contributed by atoms with E-state index in [4.69, 9.17) is 23.7 Å². The number of rotatable bonds is 8. The van der Waals surface area contributed by atoms with Crippen LogP contribution in [0, 0.1) is 16.0 Å². The Kier molecular flexibility index (Phi) is 7.78. The van der Waals surface area contributed by atoms with Crippen LogP contribution in [0.3, 0.4) is 0 Å². The van der Waals surface area contributed by atoms with Gasteiger partial charge in [-0.2, -0.15) is 4.98 Å². The second-order valence-corrected chi connectivity index (χ2v) is 8.92. The molecule has 0 spiro atoms. The highest BCUT2D eigenvalue weighted by atomic mass is 16.7. The molecule has 2 aliphatic rings. The van der Waals surface area contributed by atoms with Gasteiger partial charge in [0.15, 0.2) is 11.5 Å². The van der Waals surface area contributed by atoms with Crippen molar-refractivity contribution in [2.45, 2.75) is 51.7 Å². The molecule has 1 saturated heterocycles. The summed E-state index contributed by atoms with van der Waals surface area (Å²) in [5, 5.41) is 24.3. The molecule has 0 radical (unpaired) electrons. The zero-order chi connectivity index (χ0) is 27.6. The molecule has 4 atom stereocenters. The highest BCUT2D eigenvalue weighted by Crippen LogP contribution is 2.41. The Labute approximate surface area is 215 Å². The fourth-order valence-electron chi connectivity index (χ4n) is 3.83. The average Bonchev–Trinajstić information content (AvgIpc) is 3.47. The molecule has 2 N–H and O–H groups in total. The second kappa shape index (κ2) is 11.0. The molecule has 0 bridgehead atoms. The lowest BCUT2D eigenvalue weighted by atomic mass is 10.1. The van der Waals surface area contributed by atoms with Gasteiger partial charge in [0, 0.05) is 18.5 Å². The minimum Gasteiger partial charge on any atom is -0.454 e. The van der Waals surface area contributed by atoms with Gasteiger partial charge in [-0.05, 0) is 19.1 Å². The predicted octanol–water partition coefficient (Wildman–Crippen LogP) is 2.04. The molecular formula is C23H26N4O11. The molecule has 15 nitrogen and oxygen atoms in total. The minimum atomic E-state index is -1.15. The van der Waals surface area contributed by atoms with Crippen LogP contribution in [0.4, 0.5) is 16.3 Å². The van der Waals surface area contributed by atoms with Crippen LogP contribution in [-0.2, 0) is 19.0 Å². The zero-order valence-electron chi connectivity index (χ0n) is 20.7. The van der Waals surface area contributed by atoms with Crippen molar-refractivity contribution in [2.75, 3.05) is 18.7 Å². The van der Waals surface area contributed by atoms with Crippen LogP contribution >= 0.6 is 0 Å². The van der Waals surface area contributed by atoms with E-state index >= 15 is 0 Å². The van der Waals surface area contributed by atoms with Gasteiger partial charge in [0.1, 0.15) is 30.9 Å². The van der Waals surface area contributed by atoms with Gasteiger partial charge < -0.3 is 34.1 Å². The summed E-state index contributed by atoms with van der Waals surface area (Å²) in [7, 11) is 0. The van der Waals surface area contributed by atoms with E-state index in [1.807, 2.05) is 0 Å². The maximum absolute atomic E-state index is 12.4. The lowest BCUT2D eigenvalue weighted by molar-refractivity contribution is -0.386. The average molecular weight is 534 g/mol. The highest BCUT2D eigenvalue weighted by molar-refractivity contribution is 5.91. The molecular weight excluding hydrogens is 508 g/mol.